The molecule has 0 aliphatic carbocycles. The van der Waals surface area contributed by atoms with Crippen molar-refractivity contribution >= 4 is 27.2 Å². The third kappa shape index (κ3) is 4.32. The largest absolute Gasteiger partial charge is 0.492 e. The van der Waals surface area contributed by atoms with Crippen LogP contribution in [0.15, 0.2) is 45.9 Å². The third-order valence-electron chi connectivity index (χ3n) is 5.53. The van der Waals surface area contributed by atoms with Crippen LogP contribution in [0.3, 0.4) is 0 Å². The highest BCUT2D eigenvalue weighted by Crippen LogP contribution is 2.42. The van der Waals surface area contributed by atoms with E-state index in [1.165, 1.54) is 31.4 Å². The Bertz CT molecular complexity index is 1150. The minimum absolute atomic E-state index is 0.187. The summed E-state index contributed by atoms with van der Waals surface area (Å²) in [4.78, 5) is 20.7. The molecule has 3 N–H and O–H groups in total. The number of nitrogens with two attached hydrogens (primary N) is 1. The fraction of sp³-hybridized carbons (Fsp3) is 0.409. The molecule has 10 heteroatoms. The molecule has 1 amide bonds. The highest BCUT2D eigenvalue weighted by Gasteiger charge is 2.45. The number of ether oxygens (including phenoxy) is 1. The molecule has 8 nitrogen and oxygen atoms in total. The lowest BCUT2D eigenvalue weighted by Gasteiger charge is -2.31. The highest BCUT2D eigenvalue weighted by molar-refractivity contribution is 7.96. The summed E-state index contributed by atoms with van der Waals surface area (Å²) in [6, 6.07) is 7.40. The van der Waals surface area contributed by atoms with Crippen molar-refractivity contribution < 1.29 is 18.1 Å². The summed E-state index contributed by atoms with van der Waals surface area (Å²) in [5, 5.41) is 2.04. The van der Waals surface area contributed by atoms with Crippen molar-refractivity contribution in [3.63, 3.8) is 0 Å². The number of amidine groups is 1. The summed E-state index contributed by atoms with van der Waals surface area (Å²) in [5.41, 5.74) is 6.81. The number of aromatic nitrogens is 1. The van der Waals surface area contributed by atoms with E-state index in [9.17, 15) is 13.4 Å². The molecule has 0 saturated heterocycles. The van der Waals surface area contributed by atoms with Crippen LogP contribution in [0.25, 0.3) is 0 Å². The zero-order valence-corrected chi connectivity index (χ0v) is 19.4. The predicted octanol–water partition coefficient (Wildman–Crippen LogP) is 3.55. The number of anilines is 1. The van der Waals surface area contributed by atoms with Crippen molar-refractivity contribution in [2.45, 2.75) is 37.2 Å². The summed E-state index contributed by atoms with van der Waals surface area (Å²) in [6.07, 6.45) is 1.87. The summed E-state index contributed by atoms with van der Waals surface area (Å²) in [6.45, 7) is 6.10. The number of amides is 1. The summed E-state index contributed by atoms with van der Waals surface area (Å²) in [7, 11) is -1.45. The number of benzene rings is 1. The Labute approximate surface area is 187 Å². The van der Waals surface area contributed by atoms with Crippen molar-refractivity contribution in [1.82, 2.24) is 4.98 Å². The van der Waals surface area contributed by atoms with Gasteiger partial charge in [-0.1, -0.05) is 0 Å². The van der Waals surface area contributed by atoms with Gasteiger partial charge in [-0.25, -0.2) is 17.9 Å². The van der Waals surface area contributed by atoms with Crippen LogP contribution in [-0.4, -0.2) is 45.9 Å². The van der Waals surface area contributed by atoms with Gasteiger partial charge in [-0.3, -0.25) is 9.79 Å². The first-order valence-corrected chi connectivity index (χ1v) is 11.9. The van der Waals surface area contributed by atoms with E-state index in [1.54, 1.807) is 26.0 Å². The molecule has 0 bridgehead atoms. The zero-order valence-electron chi connectivity index (χ0n) is 18.6. The minimum atomic E-state index is -2.98. The van der Waals surface area contributed by atoms with Crippen LogP contribution in [-0.2, 0) is 9.73 Å². The van der Waals surface area contributed by atoms with E-state index in [-0.39, 0.29) is 17.1 Å². The molecule has 1 aliphatic rings. The van der Waals surface area contributed by atoms with Crippen molar-refractivity contribution in [3.05, 3.63) is 53.6 Å². The second kappa shape index (κ2) is 9.23. The minimum Gasteiger partial charge on any atom is -0.492 e. The van der Waals surface area contributed by atoms with E-state index < -0.39 is 31.5 Å². The molecule has 0 radical (unpaired) electrons. The van der Waals surface area contributed by atoms with Crippen molar-refractivity contribution in [2.75, 3.05) is 25.5 Å². The van der Waals surface area contributed by atoms with Gasteiger partial charge in [0, 0.05) is 24.8 Å². The molecule has 32 heavy (non-hydrogen) atoms. The molecule has 1 aromatic carbocycles. The molecular formula is C22H28FN5O3S. The van der Waals surface area contributed by atoms with Gasteiger partial charge in [-0.05, 0) is 57.5 Å². The van der Waals surface area contributed by atoms with E-state index in [0.29, 0.717) is 31.0 Å². The van der Waals surface area contributed by atoms with Crippen LogP contribution in [0, 0.1) is 5.82 Å². The molecule has 172 valence electrons. The Morgan fingerprint density at radius 3 is 2.75 bits per heavy atom. The summed E-state index contributed by atoms with van der Waals surface area (Å²) < 4.78 is 37.4. The molecule has 2 aromatic rings. The van der Waals surface area contributed by atoms with Crippen LogP contribution in [0.2, 0.25) is 0 Å². The molecule has 0 spiro atoms. The van der Waals surface area contributed by atoms with Gasteiger partial charge >= 0.3 is 0 Å². The number of nitrogens with one attached hydrogen (secondary N) is 1. The van der Waals surface area contributed by atoms with E-state index in [2.05, 4.69) is 19.7 Å². The van der Waals surface area contributed by atoms with Gasteiger partial charge in [0.1, 0.15) is 27.8 Å². The number of hydrogen-bond acceptors (Lipinski definition) is 6. The Balaban J connectivity index is 1.90. The molecule has 1 aliphatic heterocycles. The quantitative estimate of drug-likeness (QED) is 0.483. The number of rotatable bonds is 7. The Morgan fingerprint density at radius 1 is 1.38 bits per heavy atom. The predicted molar refractivity (Wildman–Crippen MR) is 124 cm³/mol. The maximum absolute atomic E-state index is 14.8. The number of carbonyl (C=O) groups is 1. The third-order valence-corrected chi connectivity index (χ3v) is 9.03. The summed E-state index contributed by atoms with van der Waals surface area (Å²) in [5.74, 6) is -0.208. The van der Waals surface area contributed by atoms with Crippen molar-refractivity contribution in [2.24, 2.45) is 15.1 Å². The second-order valence-corrected chi connectivity index (χ2v) is 10.8. The first-order chi connectivity index (χ1) is 15.1. The zero-order chi connectivity index (χ0) is 23.5. The number of hydrogen-bond donors (Lipinski definition) is 2. The normalized spacial score (nSPS) is 21.2. The average Bonchev–Trinajstić information content (AvgIpc) is 3.18. The number of pyridine rings is 1. The first kappa shape index (κ1) is 23.6. The fourth-order valence-corrected chi connectivity index (χ4v) is 6.58. The van der Waals surface area contributed by atoms with Gasteiger partial charge in [0.25, 0.3) is 5.91 Å². The highest BCUT2D eigenvalue weighted by atomic mass is 32.2. The Morgan fingerprint density at radius 2 is 2.12 bits per heavy atom. The number of nitrogens with zero attached hydrogens (tertiary/aromatic N) is 3. The maximum Gasteiger partial charge on any atom is 0.274 e. The maximum atomic E-state index is 14.8. The van der Waals surface area contributed by atoms with Gasteiger partial charge in [0.15, 0.2) is 0 Å². The lowest BCUT2D eigenvalue weighted by atomic mass is 10.1. The molecule has 2 heterocycles. The van der Waals surface area contributed by atoms with Crippen molar-refractivity contribution in [1.29, 1.82) is 0 Å². The molecule has 3 rings (SSSR count). The van der Waals surface area contributed by atoms with Gasteiger partial charge < -0.3 is 15.8 Å². The fourth-order valence-electron chi connectivity index (χ4n) is 3.65. The lowest BCUT2D eigenvalue weighted by molar-refractivity contribution is 0.102. The number of aliphatic imine (C=N–C) groups is 1. The van der Waals surface area contributed by atoms with Gasteiger partial charge in [-0.2, -0.15) is 0 Å². The standard InChI is InChI=1S/C22H28FN5O3S/c1-5-31-15-7-9-18(26-13-15)20(29)28-14-6-8-17(23)16(12-14)19-10-11-27-32(19,30)22(2,3)21(24)25-4/h6-9,12-13,19H,5,10-11H2,1-4H3,(H2,24,25)(H,28,29)/t19-,32?/m0/s1. The molecule has 1 aromatic heterocycles. The van der Waals surface area contributed by atoms with E-state index >= 15 is 0 Å². The first-order valence-electron chi connectivity index (χ1n) is 10.3. The SMILES string of the molecule is CCOc1ccc(C(=O)Nc2ccc(F)c([C@@H]3CCN=S3(=O)C(C)(C)/C(N)=N\C)c2)nc1. The number of carbonyl (C=O) groups excluding carboxylic acids is 1. The molecular weight excluding hydrogens is 433 g/mol. The Kier molecular flexibility index (Phi) is 6.82. The molecule has 0 saturated carbocycles. The van der Waals surface area contributed by atoms with E-state index in [1.807, 2.05) is 6.92 Å². The van der Waals surface area contributed by atoms with Crippen LogP contribution < -0.4 is 15.8 Å². The van der Waals surface area contributed by atoms with Gasteiger partial charge in [-0.15, -0.1) is 0 Å². The average molecular weight is 462 g/mol. The molecule has 2 atom stereocenters. The summed E-state index contributed by atoms with van der Waals surface area (Å²) >= 11 is 0. The topological polar surface area (TPSA) is 119 Å². The molecule has 1 unspecified atom stereocenters. The number of halogens is 1. The second-order valence-electron chi connectivity index (χ2n) is 7.82. The van der Waals surface area contributed by atoms with E-state index in [4.69, 9.17) is 10.5 Å². The lowest BCUT2D eigenvalue weighted by Crippen LogP contribution is -2.46. The van der Waals surface area contributed by atoms with Gasteiger partial charge in [0.05, 0.1) is 27.8 Å². The van der Waals surface area contributed by atoms with Crippen molar-refractivity contribution in [3.8, 4) is 5.75 Å². The van der Waals surface area contributed by atoms with Crippen LogP contribution in [0.5, 0.6) is 5.75 Å². The van der Waals surface area contributed by atoms with Crippen LogP contribution in [0.4, 0.5) is 10.1 Å². The smallest absolute Gasteiger partial charge is 0.274 e. The van der Waals surface area contributed by atoms with Gasteiger partial charge in [0.2, 0.25) is 0 Å². The van der Waals surface area contributed by atoms with Crippen LogP contribution in [0.1, 0.15) is 48.5 Å². The monoisotopic (exact) mass is 461 g/mol. The Hall–Kier alpha value is -3.01. The van der Waals surface area contributed by atoms with E-state index in [0.717, 1.165) is 0 Å². The molecule has 0 fully saturated rings. The van der Waals surface area contributed by atoms with Crippen LogP contribution >= 0.6 is 0 Å².